The summed E-state index contributed by atoms with van der Waals surface area (Å²) in [6.07, 6.45) is 0.0790. The number of benzene rings is 1. The van der Waals surface area contributed by atoms with E-state index in [2.05, 4.69) is 5.32 Å². The van der Waals surface area contributed by atoms with Crippen molar-refractivity contribution < 1.29 is 23.8 Å². The largest absolute Gasteiger partial charge is 0.445 e. The van der Waals surface area contributed by atoms with Crippen LogP contribution in [0.15, 0.2) is 30.3 Å². The Bertz CT molecular complexity index is 491. The second kappa shape index (κ2) is 8.51. The fourth-order valence-corrected chi connectivity index (χ4v) is 2.23. The molecule has 0 aliphatic carbocycles. The van der Waals surface area contributed by atoms with Crippen LogP contribution in [-0.2, 0) is 25.6 Å². The summed E-state index contributed by atoms with van der Waals surface area (Å²) < 4.78 is 15.7. The van der Waals surface area contributed by atoms with E-state index in [0.29, 0.717) is 25.8 Å². The maximum absolute atomic E-state index is 11.7. The summed E-state index contributed by atoms with van der Waals surface area (Å²) >= 11 is 0. The van der Waals surface area contributed by atoms with Crippen molar-refractivity contribution in [2.24, 2.45) is 0 Å². The SMILES string of the molecule is CO[C@@H]1CCC(=O)[C@@H](CCNC(=O)OCc2ccccc2)O1. The predicted molar refractivity (Wildman–Crippen MR) is 79.2 cm³/mol. The maximum Gasteiger partial charge on any atom is 0.407 e. The van der Waals surface area contributed by atoms with Gasteiger partial charge in [-0.3, -0.25) is 4.79 Å². The van der Waals surface area contributed by atoms with Gasteiger partial charge in [-0.2, -0.15) is 0 Å². The zero-order valence-corrected chi connectivity index (χ0v) is 12.6. The summed E-state index contributed by atoms with van der Waals surface area (Å²) in [6, 6.07) is 9.43. The highest BCUT2D eigenvalue weighted by Crippen LogP contribution is 2.18. The van der Waals surface area contributed by atoms with Gasteiger partial charge in [-0.1, -0.05) is 30.3 Å². The molecule has 1 aliphatic rings. The van der Waals surface area contributed by atoms with Gasteiger partial charge in [0.15, 0.2) is 12.1 Å². The number of hydrogen-bond donors (Lipinski definition) is 1. The molecule has 0 bridgehead atoms. The van der Waals surface area contributed by atoms with Crippen LogP contribution in [0, 0.1) is 0 Å². The smallest absolute Gasteiger partial charge is 0.407 e. The number of nitrogens with one attached hydrogen (secondary N) is 1. The lowest BCUT2D eigenvalue weighted by molar-refractivity contribution is -0.186. The van der Waals surface area contributed by atoms with Gasteiger partial charge in [0.1, 0.15) is 12.7 Å². The molecule has 1 saturated heterocycles. The van der Waals surface area contributed by atoms with Crippen LogP contribution < -0.4 is 5.32 Å². The van der Waals surface area contributed by atoms with E-state index in [9.17, 15) is 9.59 Å². The van der Waals surface area contributed by atoms with Gasteiger partial charge < -0.3 is 19.5 Å². The molecule has 0 unspecified atom stereocenters. The molecule has 1 amide bonds. The third-order valence-corrected chi connectivity index (χ3v) is 3.45. The number of alkyl carbamates (subject to hydrolysis) is 1. The minimum absolute atomic E-state index is 0.0488. The Labute approximate surface area is 129 Å². The summed E-state index contributed by atoms with van der Waals surface area (Å²) in [5.41, 5.74) is 0.923. The first kappa shape index (κ1) is 16.5. The molecule has 6 nitrogen and oxygen atoms in total. The Morgan fingerprint density at radius 1 is 1.36 bits per heavy atom. The number of rotatable bonds is 6. The van der Waals surface area contributed by atoms with Crippen LogP contribution in [-0.4, -0.2) is 37.9 Å². The average Bonchev–Trinajstić information content (AvgIpc) is 2.55. The van der Waals surface area contributed by atoms with E-state index >= 15 is 0 Å². The van der Waals surface area contributed by atoms with Gasteiger partial charge >= 0.3 is 6.09 Å². The van der Waals surface area contributed by atoms with Crippen molar-refractivity contribution in [2.75, 3.05) is 13.7 Å². The normalized spacial score (nSPS) is 21.4. The molecule has 22 heavy (non-hydrogen) atoms. The standard InChI is InChI=1S/C16H21NO5/c1-20-15-8-7-13(18)14(22-15)9-10-17-16(19)21-11-12-5-3-2-4-6-12/h2-6,14-15H,7-11H2,1H3,(H,17,19)/t14-,15+/m1/s1. The Balaban J connectivity index is 1.65. The number of Topliss-reactive ketones (excluding diaryl/α,β-unsaturated/α-hetero) is 1. The average molecular weight is 307 g/mol. The lowest BCUT2D eigenvalue weighted by atomic mass is 10.0. The zero-order chi connectivity index (χ0) is 15.8. The molecule has 0 spiro atoms. The van der Waals surface area contributed by atoms with E-state index < -0.39 is 12.2 Å². The van der Waals surface area contributed by atoms with Crippen LogP contribution in [0.5, 0.6) is 0 Å². The molecular weight excluding hydrogens is 286 g/mol. The summed E-state index contributed by atoms with van der Waals surface area (Å²) in [5, 5.41) is 2.62. The van der Waals surface area contributed by atoms with E-state index in [-0.39, 0.29) is 18.7 Å². The van der Waals surface area contributed by atoms with E-state index in [1.165, 1.54) is 0 Å². The topological polar surface area (TPSA) is 73.9 Å². The minimum atomic E-state index is -0.520. The first-order valence-electron chi connectivity index (χ1n) is 7.34. The minimum Gasteiger partial charge on any atom is -0.445 e. The monoisotopic (exact) mass is 307 g/mol. The van der Waals surface area contributed by atoms with Crippen molar-refractivity contribution in [3.8, 4) is 0 Å². The highest BCUT2D eigenvalue weighted by molar-refractivity contribution is 5.83. The second-order valence-electron chi connectivity index (χ2n) is 5.07. The second-order valence-corrected chi connectivity index (χ2v) is 5.07. The van der Waals surface area contributed by atoms with Crippen molar-refractivity contribution in [3.05, 3.63) is 35.9 Å². The van der Waals surface area contributed by atoms with Crippen LogP contribution in [0.25, 0.3) is 0 Å². The van der Waals surface area contributed by atoms with Crippen molar-refractivity contribution in [3.63, 3.8) is 0 Å². The van der Waals surface area contributed by atoms with Crippen LogP contribution in [0.2, 0.25) is 0 Å². The Morgan fingerprint density at radius 3 is 2.86 bits per heavy atom. The van der Waals surface area contributed by atoms with Crippen LogP contribution >= 0.6 is 0 Å². The molecule has 1 aromatic rings. The molecule has 2 rings (SSSR count). The van der Waals surface area contributed by atoms with Gasteiger partial charge in [-0.25, -0.2) is 4.79 Å². The van der Waals surface area contributed by atoms with E-state index in [1.807, 2.05) is 30.3 Å². The van der Waals surface area contributed by atoms with Crippen LogP contribution in [0.1, 0.15) is 24.8 Å². The fraction of sp³-hybridized carbons (Fsp3) is 0.500. The lowest BCUT2D eigenvalue weighted by Gasteiger charge is -2.27. The summed E-state index contributed by atoms with van der Waals surface area (Å²) in [5.74, 6) is 0.0488. The molecule has 1 aliphatic heterocycles. The lowest BCUT2D eigenvalue weighted by Crippen LogP contribution is -2.39. The molecule has 1 heterocycles. The van der Waals surface area contributed by atoms with Crippen molar-refractivity contribution >= 4 is 11.9 Å². The first-order chi connectivity index (χ1) is 10.7. The van der Waals surface area contributed by atoms with Crippen molar-refractivity contribution in [1.82, 2.24) is 5.32 Å². The Morgan fingerprint density at radius 2 is 2.14 bits per heavy atom. The molecule has 1 fully saturated rings. The number of hydrogen-bond acceptors (Lipinski definition) is 5. The van der Waals surface area contributed by atoms with Gasteiger partial charge in [0.05, 0.1) is 0 Å². The Hall–Kier alpha value is -1.92. The quantitative estimate of drug-likeness (QED) is 0.870. The van der Waals surface area contributed by atoms with Gasteiger partial charge in [0.2, 0.25) is 0 Å². The molecule has 120 valence electrons. The molecular formula is C16H21NO5. The van der Waals surface area contributed by atoms with Gasteiger partial charge in [-0.05, 0) is 12.0 Å². The zero-order valence-electron chi connectivity index (χ0n) is 12.6. The molecule has 0 aromatic heterocycles. The molecule has 2 atom stereocenters. The van der Waals surface area contributed by atoms with Gasteiger partial charge in [0, 0.05) is 26.5 Å². The molecule has 6 heteroatoms. The number of methoxy groups -OCH3 is 1. The summed E-state index contributed by atoms with van der Waals surface area (Å²) in [4.78, 5) is 23.3. The molecule has 1 aromatic carbocycles. The number of ketones is 1. The van der Waals surface area contributed by atoms with E-state index in [4.69, 9.17) is 14.2 Å². The fourth-order valence-electron chi connectivity index (χ4n) is 2.23. The first-order valence-corrected chi connectivity index (χ1v) is 7.34. The van der Waals surface area contributed by atoms with Gasteiger partial charge in [-0.15, -0.1) is 0 Å². The summed E-state index contributed by atoms with van der Waals surface area (Å²) in [7, 11) is 1.55. The highest BCUT2D eigenvalue weighted by atomic mass is 16.7. The van der Waals surface area contributed by atoms with E-state index in [0.717, 1.165) is 5.56 Å². The highest BCUT2D eigenvalue weighted by Gasteiger charge is 2.28. The number of amides is 1. The van der Waals surface area contributed by atoms with Gasteiger partial charge in [0.25, 0.3) is 0 Å². The summed E-state index contributed by atoms with van der Waals surface area (Å²) in [6.45, 7) is 0.539. The van der Waals surface area contributed by atoms with Crippen molar-refractivity contribution in [1.29, 1.82) is 0 Å². The third kappa shape index (κ3) is 5.13. The number of carbonyl (C=O) groups excluding carboxylic acids is 2. The number of carbonyl (C=O) groups is 2. The molecule has 0 radical (unpaired) electrons. The maximum atomic E-state index is 11.7. The van der Waals surface area contributed by atoms with Crippen LogP contribution in [0.4, 0.5) is 4.79 Å². The molecule has 0 saturated carbocycles. The van der Waals surface area contributed by atoms with Crippen LogP contribution in [0.3, 0.4) is 0 Å². The number of ether oxygens (including phenoxy) is 3. The van der Waals surface area contributed by atoms with Crippen molar-refractivity contribution in [2.45, 2.75) is 38.3 Å². The molecule has 1 N–H and O–H groups in total. The third-order valence-electron chi connectivity index (χ3n) is 3.45. The predicted octanol–water partition coefficient (Wildman–Crippen LogP) is 2.02. The van der Waals surface area contributed by atoms with E-state index in [1.54, 1.807) is 7.11 Å². The Kier molecular flexibility index (Phi) is 6.36.